The molecule has 6 nitrogen and oxygen atoms in total. The summed E-state index contributed by atoms with van der Waals surface area (Å²) in [5, 5.41) is 18.5. The number of carbonyl (C=O) groups excluding carboxylic acids is 1. The quantitative estimate of drug-likeness (QED) is 0.428. The highest BCUT2D eigenvalue weighted by Crippen LogP contribution is 2.51. The number of ether oxygens (including phenoxy) is 1. The number of halogens is 2. The number of rotatable bonds is 9. The Kier molecular flexibility index (Phi) is 9.20. The minimum Gasteiger partial charge on any atom is -0.378 e. The minimum absolute atomic E-state index is 0.0908. The van der Waals surface area contributed by atoms with E-state index in [1.54, 1.807) is 18.2 Å². The van der Waals surface area contributed by atoms with Crippen LogP contribution in [0.3, 0.4) is 0 Å². The van der Waals surface area contributed by atoms with Crippen molar-refractivity contribution in [2.24, 2.45) is 11.1 Å². The third-order valence-corrected chi connectivity index (χ3v) is 6.86. The molecule has 4 N–H and O–H groups in total. The van der Waals surface area contributed by atoms with Crippen molar-refractivity contribution in [3.8, 4) is 6.07 Å². The number of benzene rings is 2. The molecule has 0 aliphatic carbocycles. The van der Waals surface area contributed by atoms with Gasteiger partial charge in [-0.05, 0) is 47.2 Å². The van der Waals surface area contributed by atoms with Crippen LogP contribution in [-0.2, 0) is 14.9 Å². The Balaban J connectivity index is 2.10. The van der Waals surface area contributed by atoms with Gasteiger partial charge in [0.25, 0.3) is 0 Å². The van der Waals surface area contributed by atoms with Crippen molar-refractivity contribution in [1.29, 1.82) is 5.26 Å². The maximum Gasteiger partial charge on any atom is 0.237 e. The highest BCUT2D eigenvalue weighted by atomic mass is 35.5. The van der Waals surface area contributed by atoms with E-state index in [4.69, 9.17) is 33.7 Å². The Hall–Kier alpha value is -2.14. The highest BCUT2D eigenvalue weighted by molar-refractivity contribution is 6.30. The number of hydrogen-bond donors (Lipinski definition) is 3. The summed E-state index contributed by atoms with van der Waals surface area (Å²) in [7, 11) is 0. The van der Waals surface area contributed by atoms with Gasteiger partial charge in [0.2, 0.25) is 5.91 Å². The first-order valence-electron chi connectivity index (χ1n) is 11.9. The fourth-order valence-corrected chi connectivity index (χ4v) is 5.32. The first-order valence-corrected chi connectivity index (χ1v) is 12.6. The zero-order valence-electron chi connectivity index (χ0n) is 20.5. The summed E-state index contributed by atoms with van der Waals surface area (Å²) in [6.07, 6.45) is 0.684. The number of nitrogens with two attached hydrogens (primary N) is 1. The lowest BCUT2D eigenvalue weighted by Gasteiger charge is -2.37. The van der Waals surface area contributed by atoms with Gasteiger partial charge in [-0.3, -0.25) is 4.79 Å². The number of nitrogens with zero attached hydrogens (tertiary/aromatic N) is 1. The van der Waals surface area contributed by atoms with E-state index in [-0.39, 0.29) is 17.4 Å². The SMILES string of the molecule is CC(C)(C)C[C@@H]1N[C@@H](C(=O)NCCOCCN)[C@H](c2cccc(Cl)c2)[C@@]1(C#N)c1ccc(Cl)cc1. The van der Waals surface area contributed by atoms with Crippen molar-refractivity contribution in [2.75, 3.05) is 26.3 Å². The van der Waals surface area contributed by atoms with Crippen molar-refractivity contribution in [1.82, 2.24) is 10.6 Å². The van der Waals surface area contributed by atoms with Crippen molar-refractivity contribution < 1.29 is 9.53 Å². The van der Waals surface area contributed by atoms with Gasteiger partial charge in [0.05, 0.1) is 25.3 Å². The predicted molar refractivity (Wildman–Crippen MR) is 141 cm³/mol. The number of nitrogens with one attached hydrogen (secondary N) is 2. The molecule has 35 heavy (non-hydrogen) atoms. The van der Waals surface area contributed by atoms with Crippen LogP contribution in [0, 0.1) is 16.7 Å². The van der Waals surface area contributed by atoms with Crippen LogP contribution in [0.4, 0.5) is 0 Å². The van der Waals surface area contributed by atoms with E-state index in [1.165, 1.54) is 0 Å². The minimum atomic E-state index is -1.03. The van der Waals surface area contributed by atoms with Gasteiger partial charge in [-0.25, -0.2) is 0 Å². The van der Waals surface area contributed by atoms with E-state index < -0.39 is 17.4 Å². The predicted octanol–water partition coefficient (Wildman–Crippen LogP) is 4.41. The molecule has 2 aromatic rings. The van der Waals surface area contributed by atoms with E-state index >= 15 is 0 Å². The van der Waals surface area contributed by atoms with Crippen molar-refractivity contribution in [2.45, 2.75) is 50.6 Å². The van der Waals surface area contributed by atoms with Crippen LogP contribution in [0.2, 0.25) is 10.0 Å². The van der Waals surface area contributed by atoms with E-state index in [2.05, 4.69) is 37.5 Å². The number of carbonyl (C=O) groups is 1. The summed E-state index contributed by atoms with van der Waals surface area (Å²) < 4.78 is 5.41. The van der Waals surface area contributed by atoms with Crippen molar-refractivity contribution in [3.63, 3.8) is 0 Å². The van der Waals surface area contributed by atoms with Gasteiger partial charge < -0.3 is 21.1 Å². The largest absolute Gasteiger partial charge is 0.378 e. The van der Waals surface area contributed by atoms with Crippen LogP contribution in [0.15, 0.2) is 48.5 Å². The van der Waals surface area contributed by atoms with Gasteiger partial charge in [0.1, 0.15) is 5.41 Å². The zero-order valence-corrected chi connectivity index (χ0v) is 22.0. The molecule has 188 valence electrons. The molecule has 4 atom stereocenters. The second-order valence-corrected chi connectivity index (χ2v) is 11.0. The summed E-state index contributed by atoms with van der Waals surface area (Å²) in [4.78, 5) is 13.5. The van der Waals surface area contributed by atoms with Crippen LogP contribution in [0.25, 0.3) is 0 Å². The molecule has 0 unspecified atom stereocenters. The second-order valence-electron chi connectivity index (χ2n) is 10.2. The summed E-state index contributed by atoms with van der Waals surface area (Å²) in [6, 6.07) is 16.5. The number of amides is 1. The molecule has 0 aromatic heterocycles. The Labute approximate surface area is 218 Å². The Morgan fingerprint density at radius 3 is 2.49 bits per heavy atom. The molecule has 1 aliphatic rings. The van der Waals surface area contributed by atoms with Crippen molar-refractivity contribution >= 4 is 29.1 Å². The number of nitriles is 1. The Morgan fingerprint density at radius 2 is 1.89 bits per heavy atom. The first-order chi connectivity index (χ1) is 16.6. The highest BCUT2D eigenvalue weighted by Gasteiger charge is 2.59. The van der Waals surface area contributed by atoms with Gasteiger partial charge in [0, 0.05) is 35.1 Å². The lowest BCUT2D eigenvalue weighted by molar-refractivity contribution is -0.123. The topological polar surface area (TPSA) is 100 Å². The van der Waals surface area contributed by atoms with Gasteiger partial charge in [0.15, 0.2) is 0 Å². The van der Waals surface area contributed by atoms with E-state index in [0.29, 0.717) is 42.8 Å². The van der Waals surface area contributed by atoms with E-state index in [0.717, 1.165) is 11.1 Å². The average Bonchev–Trinajstić information content (AvgIpc) is 3.12. The Morgan fingerprint density at radius 1 is 1.17 bits per heavy atom. The molecule has 3 rings (SSSR count). The summed E-state index contributed by atoms with van der Waals surface area (Å²) >= 11 is 12.6. The smallest absolute Gasteiger partial charge is 0.237 e. The molecule has 0 spiro atoms. The summed E-state index contributed by atoms with van der Waals surface area (Å²) in [5.41, 5.74) is 6.00. The van der Waals surface area contributed by atoms with Gasteiger partial charge in [-0.15, -0.1) is 0 Å². The van der Waals surface area contributed by atoms with Crippen LogP contribution in [-0.4, -0.2) is 44.3 Å². The molecule has 8 heteroatoms. The standard InChI is InChI=1S/C27H34Cl2N4O2/c1-26(2,3)16-22-27(17-31,19-7-9-20(28)10-8-19)23(18-5-4-6-21(29)15-18)24(33-22)25(34)32-12-14-35-13-11-30/h4-10,15,22-24,33H,11-14,16,30H2,1-3H3,(H,32,34)/t22-,23-,24+,27-/m0/s1. The molecule has 1 aliphatic heterocycles. The second kappa shape index (κ2) is 11.7. The van der Waals surface area contributed by atoms with Gasteiger partial charge in [-0.1, -0.05) is 68.2 Å². The molecule has 2 aromatic carbocycles. The molecule has 0 radical (unpaired) electrons. The average molecular weight is 518 g/mol. The lowest BCUT2D eigenvalue weighted by Crippen LogP contribution is -2.46. The Bertz CT molecular complexity index is 1050. The van der Waals surface area contributed by atoms with Crippen LogP contribution in [0.1, 0.15) is 44.2 Å². The molecule has 0 saturated carbocycles. The van der Waals surface area contributed by atoms with E-state index in [9.17, 15) is 10.1 Å². The maximum absolute atomic E-state index is 13.5. The fourth-order valence-electron chi connectivity index (χ4n) is 5.00. The third kappa shape index (κ3) is 6.35. The molecule has 1 amide bonds. The van der Waals surface area contributed by atoms with Gasteiger partial charge >= 0.3 is 0 Å². The monoisotopic (exact) mass is 516 g/mol. The molecule has 1 fully saturated rings. The molecule has 1 saturated heterocycles. The van der Waals surface area contributed by atoms with Crippen molar-refractivity contribution in [3.05, 3.63) is 69.7 Å². The maximum atomic E-state index is 13.5. The summed E-state index contributed by atoms with van der Waals surface area (Å²) in [6.45, 7) is 7.98. The molecule has 0 bridgehead atoms. The third-order valence-electron chi connectivity index (χ3n) is 6.38. The molecular formula is C27H34Cl2N4O2. The van der Waals surface area contributed by atoms with Crippen LogP contribution >= 0.6 is 23.2 Å². The summed E-state index contributed by atoms with van der Waals surface area (Å²) in [5.74, 6) is -0.666. The van der Waals surface area contributed by atoms with Crippen LogP contribution in [0.5, 0.6) is 0 Å². The normalized spacial score (nSPS) is 24.2. The van der Waals surface area contributed by atoms with E-state index in [1.807, 2.05) is 30.3 Å². The molecular weight excluding hydrogens is 483 g/mol. The lowest BCUT2D eigenvalue weighted by atomic mass is 9.63. The van der Waals surface area contributed by atoms with Crippen LogP contribution < -0.4 is 16.4 Å². The zero-order chi connectivity index (χ0) is 25.6. The fraction of sp³-hybridized carbons (Fsp3) is 0.481. The van der Waals surface area contributed by atoms with Gasteiger partial charge in [-0.2, -0.15) is 5.26 Å². The molecule has 1 heterocycles. The number of hydrogen-bond acceptors (Lipinski definition) is 5. The first kappa shape index (κ1) is 27.4.